The number of primary amides is 1. The van der Waals surface area contributed by atoms with Crippen molar-refractivity contribution < 1.29 is 40.7 Å². The summed E-state index contributed by atoms with van der Waals surface area (Å²) in [4.78, 5) is 43.2. The molecule has 0 aromatic heterocycles. The lowest BCUT2D eigenvalue weighted by Gasteiger charge is -2.26. The number of benzene rings is 2. The zero-order valence-electron chi connectivity index (χ0n) is 22.3. The van der Waals surface area contributed by atoms with E-state index < -0.39 is 73.8 Å². The number of nitrogens with one attached hydrogen (secondary N) is 2. The minimum absolute atomic E-state index is 0.0369. The van der Waals surface area contributed by atoms with Gasteiger partial charge in [0, 0.05) is 35.8 Å². The lowest BCUT2D eigenvalue weighted by atomic mass is 9.83. The first-order valence-electron chi connectivity index (χ1n) is 12.9. The lowest BCUT2D eigenvalue weighted by Crippen LogP contribution is -2.48. The average molecular weight is 585 g/mol. The topological polar surface area (TPSA) is 114 Å². The Labute approximate surface area is 232 Å². The van der Waals surface area contributed by atoms with Crippen molar-refractivity contribution in [2.75, 3.05) is 5.32 Å². The third kappa shape index (κ3) is 8.54. The number of anilines is 1. The van der Waals surface area contributed by atoms with Crippen molar-refractivity contribution in [3.05, 3.63) is 65.2 Å². The molecule has 2 aromatic rings. The highest BCUT2D eigenvalue weighted by molar-refractivity contribution is 6.20. The molecular formula is C28H30F6N4O3. The molecule has 0 saturated heterocycles. The number of halogens is 6. The summed E-state index contributed by atoms with van der Waals surface area (Å²) in [6.45, 7) is 3.81. The second-order valence-corrected chi connectivity index (χ2v) is 10.1. The first-order valence-corrected chi connectivity index (χ1v) is 12.9. The molecule has 0 aliphatic carbocycles. The van der Waals surface area contributed by atoms with E-state index in [1.807, 2.05) is 13.8 Å². The first kappa shape index (κ1) is 31.6. The van der Waals surface area contributed by atoms with Crippen LogP contribution in [0.5, 0.6) is 0 Å². The molecule has 3 atom stereocenters. The fraction of sp³-hybridized carbons (Fsp3) is 0.429. The quantitative estimate of drug-likeness (QED) is 0.323. The van der Waals surface area contributed by atoms with Gasteiger partial charge in [0.1, 0.15) is 0 Å². The van der Waals surface area contributed by atoms with E-state index >= 15 is 0 Å². The van der Waals surface area contributed by atoms with Gasteiger partial charge in [-0.15, -0.1) is 0 Å². The highest BCUT2D eigenvalue weighted by atomic mass is 19.4. The zero-order chi connectivity index (χ0) is 30.5. The number of alkyl halides is 6. The van der Waals surface area contributed by atoms with Gasteiger partial charge in [0.05, 0.1) is 11.4 Å². The fourth-order valence-electron chi connectivity index (χ4n) is 4.70. The number of para-hydroxylation sites is 1. The number of carbonyl (C=O) groups is 3. The molecule has 2 aromatic carbocycles. The van der Waals surface area contributed by atoms with Crippen molar-refractivity contribution in [1.82, 2.24) is 5.32 Å². The van der Waals surface area contributed by atoms with Crippen LogP contribution in [0.15, 0.2) is 53.5 Å². The Bertz CT molecular complexity index is 1290. The number of amides is 3. The van der Waals surface area contributed by atoms with E-state index in [1.165, 1.54) is 0 Å². The van der Waals surface area contributed by atoms with E-state index in [2.05, 4.69) is 15.6 Å². The third-order valence-corrected chi connectivity index (χ3v) is 6.72. The van der Waals surface area contributed by atoms with E-state index in [0.29, 0.717) is 22.5 Å². The van der Waals surface area contributed by atoms with Crippen LogP contribution in [0.4, 0.5) is 32.0 Å². The second kappa shape index (κ2) is 12.7. The van der Waals surface area contributed by atoms with Crippen molar-refractivity contribution >= 4 is 29.1 Å². The summed E-state index contributed by atoms with van der Waals surface area (Å²) >= 11 is 0. The van der Waals surface area contributed by atoms with Gasteiger partial charge in [-0.25, -0.2) is 4.99 Å². The molecule has 0 bridgehead atoms. The van der Waals surface area contributed by atoms with Crippen LogP contribution in [0.3, 0.4) is 0 Å². The first-order chi connectivity index (χ1) is 19.1. The molecular weight excluding hydrogens is 554 g/mol. The molecule has 7 nitrogen and oxygen atoms in total. The predicted octanol–water partition coefficient (Wildman–Crippen LogP) is 5.44. The SMILES string of the molecule is CC(C)c1cccc2c1NC(=O)C(NC(=O)C(CCC(F)(F)F)C(CCC(F)(F)F)C(N)=O)N=C2c1ccccc1. The van der Waals surface area contributed by atoms with Gasteiger partial charge >= 0.3 is 12.4 Å². The third-order valence-electron chi connectivity index (χ3n) is 6.72. The standard InChI is InChI=1S/C28H30F6N4O3/c1-15(2)17-9-6-10-20-21(16-7-4-3-5-8-16)36-24(26(41)37-22(17)20)38-25(40)19(12-14-28(32,33)34)18(23(35)39)11-13-27(29,30)31/h3-10,15,18-19,24H,11-14H2,1-2H3,(H2,35,39)(H,37,41)(H,38,40). The number of hydrogen-bond donors (Lipinski definition) is 3. The van der Waals surface area contributed by atoms with Crippen LogP contribution in [0, 0.1) is 11.8 Å². The molecule has 3 unspecified atom stereocenters. The average Bonchev–Trinajstić information content (AvgIpc) is 3.00. The minimum atomic E-state index is -4.77. The summed E-state index contributed by atoms with van der Waals surface area (Å²) in [5.74, 6) is -7.22. The molecule has 13 heteroatoms. The predicted molar refractivity (Wildman–Crippen MR) is 140 cm³/mol. The van der Waals surface area contributed by atoms with Gasteiger partial charge in [-0.3, -0.25) is 14.4 Å². The number of nitrogens with two attached hydrogens (primary N) is 1. The molecule has 0 spiro atoms. The summed E-state index contributed by atoms with van der Waals surface area (Å²) in [5.41, 5.74) is 7.84. The number of rotatable bonds is 10. The Kier molecular flexibility index (Phi) is 9.82. The fourth-order valence-corrected chi connectivity index (χ4v) is 4.70. The summed E-state index contributed by atoms with van der Waals surface area (Å²) in [6.07, 6.45) is -16.3. The van der Waals surface area contributed by atoms with Crippen molar-refractivity contribution in [2.24, 2.45) is 22.6 Å². The monoisotopic (exact) mass is 584 g/mol. The van der Waals surface area contributed by atoms with Gasteiger partial charge in [0.15, 0.2) is 0 Å². The molecule has 0 saturated carbocycles. The number of hydrogen-bond acceptors (Lipinski definition) is 4. The van der Waals surface area contributed by atoms with Crippen LogP contribution >= 0.6 is 0 Å². The molecule has 3 rings (SSSR count). The van der Waals surface area contributed by atoms with Crippen LogP contribution in [0.1, 0.15) is 62.1 Å². The Morgan fingerprint density at radius 1 is 0.927 bits per heavy atom. The number of aliphatic imine (C=N–C) groups is 1. The Hall–Kier alpha value is -3.90. The molecule has 222 valence electrons. The largest absolute Gasteiger partial charge is 0.389 e. The van der Waals surface area contributed by atoms with E-state index in [9.17, 15) is 40.7 Å². The van der Waals surface area contributed by atoms with E-state index in [0.717, 1.165) is 5.56 Å². The molecule has 0 fully saturated rings. The van der Waals surface area contributed by atoms with Crippen molar-refractivity contribution in [3.63, 3.8) is 0 Å². The highest BCUT2D eigenvalue weighted by Gasteiger charge is 2.40. The number of carbonyl (C=O) groups excluding carboxylic acids is 3. The number of benzodiazepines with no additional fused rings is 1. The van der Waals surface area contributed by atoms with Crippen LogP contribution in [-0.4, -0.2) is 42.0 Å². The van der Waals surface area contributed by atoms with Crippen LogP contribution in [-0.2, 0) is 14.4 Å². The Morgan fingerprint density at radius 2 is 1.51 bits per heavy atom. The molecule has 1 aliphatic rings. The van der Waals surface area contributed by atoms with E-state index in [-0.39, 0.29) is 5.92 Å². The smallest absolute Gasteiger partial charge is 0.369 e. The second-order valence-electron chi connectivity index (χ2n) is 10.1. The minimum Gasteiger partial charge on any atom is -0.369 e. The van der Waals surface area contributed by atoms with Gasteiger partial charge in [0.2, 0.25) is 18.0 Å². The lowest BCUT2D eigenvalue weighted by molar-refractivity contribution is -0.152. The van der Waals surface area contributed by atoms with E-state index in [1.54, 1.807) is 48.5 Å². The molecule has 41 heavy (non-hydrogen) atoms. The Morgan fingerprint density at radius 3 is 2.05 bits per heavy atom. The summed E-state index contributed by atoms with van der Waals surface area (Å²) in [7, 11) is 0. The van der Waals surface area contributed by atoms with Crippen molar-refractivity contribution in [1.29, 1.82) is 0 Å². The van der Waals surface area contributed by atoms with Crippen LogP contribution in [0.25, 0.3) is 0 Å². The molecule has 4 N–H and O–H groups in total. The van der Waals surface area contributed by atoms with E-state index in [4.69, 9.17) is 5.73 Å². The normalized spacial score (nSPS) is 17.1. The summed E-state index contributed by atoms with van der Waals surface area (Å²) in [5, 5.41) is 5.00. The van der Waals surface area contributed by atoms with Crippen LogP contribution in [0.2, 0.25) is 0 Å². The summed E-state index contributed by atoms with van der Waals surface area (Å²) in [6, 6.07) is 13.9. The molecule has 1 aliphatic heterocycles. The maximum absolute atomic E-state index is 13.3. The molecule has 3 amide bonds. The van der Waals surface area contributed by atoms with Gasteiger partial charge in [-0.1, -0.05) is 62.4 Å². The van der Waals surface area contributed by atoms with Gasteiger partial charge in [-0.2, -0.15) is 26.3 Å². The maximum atomic E-state index is 13.3. The van der Waals surface area contributed by atoms with Gasteiger partial charge < -0.3 is 16.4 Å². The highest BCUT2D eigenvalue weighted by Crippen LogP contribution is 2.34. The van der Waals surface area contributed by atoms with Crippen molar-refractivity contribution in [3.8, 4) is 0 Å². The molecule has 0 radical (unpaired) electrons. The maximum Gasteiger partial charge on any atom is 0.389 e. The molecule has 1 heterocycles. The number of nitrogens with zero attached hydrogens (tertiary/aromatic N) is 1. The van der Waals surface area contributed by atoms with Gasteiger partial charge in [-0.05, 0) is 24.3 Å². The van der Waals surface area contributed by atoms with Crippen LogP contribution < -0.4 is 16.4 Å². The van der Waals surface area contributed by atoms with Crippen molar-refractivity contribution in [2.45, 2.75) is 64.0 Å². The number of fused-ring (bicyclic) bond motifs is 1. The van der Waals surface area contributed by atoms with Gasteiger partial charge in [0.25, 0.3) is 5.91 Å². The zero-order valence-corrected chi connectivity index (χ0v) is 22.3. The Balaban J connectivity index is 2.03. The summed E-state index contributed by atoms with van der Waals surface area (Å²) < 4.78 is 77.9.